The van der Waals surface area contributed by atoms with Crippen LogP contribution < -0.4 is 9.80 Å². The number of aromatic nitrogens is 4. The van der Waals surface area contributed by atoms with Crippen LogP contribution in [0.15, 0.2) is 59.4 Å². The van der Waals surface area contributed by atoms with E-state index in [2.05, 4.69) is 73.5 Å². The third-order valence-electron chi connectivity index (χ3n) is 6.18. The van der Waals surface area contributed by atoms with Crippen LogP contribution in [0.5, 0.6) is 0 Å². The van der Waals surface area contributed by atoms with E-state index in [9.17, 15) is 5.26 Å². The molecule has 0 unspecified atom stereocenters. The van der Waals surface area contributed by atoms with Crippen molar-refractivity contribution in [3.8, 4) is 6.07 Å². The Morgan fingerprint density at radius 2 is 1.94 bits per heavy atom. The van der Waals surface area contributed by atoms with E-state index in [0.717, 1.165) is 36.4 Å². The van der Waals surface area contributed by atoms with Crippen LogP contribution in [-0.2, 0) is 13.0 Å². The second-order valence-corrected chi connectivity index (χ2v) is 8.09. The average molecular weight is 440 g/mol. The summed E-state index contributed by atoms with van der Waals surface area (Å²) in [6, 6.07) is 12.6. The summed E-state index contributed by atoms with van der Waals surface area (Å²) in [7, 11) is 0. The number of rotatable bonds is 6. The number of aliphatic imine (C=N–C) groups is 1. The Balaban J connectivity index is 1.42. The molecule has 166 valence electrons. The number of nitrogens with one attached hydrogen (secondary N) is 1. The van der Waals surface area contributed by atoms with E-state index in [1.54, 1.807) is 0 Å². The molecule has 0 aliphatic carbocycles. The van der Waals surface area contributed by atoms with E-state index in [1.807, 2.05) is 6.07 Å². The number of hydrogen-bond acceptors (Lipinski definition) is 8. The maximum Gasteiger partial charge on any atom is 0.229 e. The fraction of sp³-hybridized carbons (Fsp3) is 0.292. The van der Waals surface area contributed by atoms with Gasteiger partial charge in [0.2, 0.25) is 5.95 Å². The van der Waals surface area contributed by atoms with Gasteiger partial charge in [0, 0.05) is 45.7 Å². The van der Waals surface area contributed by atoms with E-state index >= 15 is 0 Å². The summed E-state index contributed by atoms with van der Waals surface area (Å²) in [5, 5.41) is 18.0. The molecule has 4 heterocycles. The monoisotopic (exact) mass is 439 g/mol. The molecule has 9 nitrogen and oxygen atoms in total. The lowest BCUT2D eigenvalue weighted by molar-refractivity contribution is 0.316. The Hall–Kier alpha value is -4.19. The number of H-pyrrole nitrogens is 1. The highest BCUT2D eigenvalue weighted by Crippen LogP contribution is 2.33. The number of benzene rings is 1. The first-order valence-electron chi connectivity index (χ1n) is 11.0. The smallest absolute Gasteiger partial charge is 0.229 e. The zero-order valence-electron chi connectivity index (χ0n) is 18.4. The number of hydrogen-bond donors (Lipinski definition) is 1. The molecule has 0 amide bonds. The van der Waals surface area contributed by atoms with Crippen molar-refractivity contribution < 1.29 is 0 Å². The van der Waals surface area contributed by atoms with Gasteiger partial charge in [0.05, 0.1) is 16.7 Å². The molecule has 0 radical (unpaired) electrons. The lowest BCUT2D eigenvalue weighted by Gasteiger charge is -2.36. The molecule has 9 heteroatoms. The number of piperazine rings is 1. The van der Waals surface area contributed by atoms with Gasteiger partial charge in [0.25, 0.3) is 0 Å². The summed E-state index contributed by atoms with van der Waals surface area (Å²) in [6.45, 7) is 11.8. The van der Waals surface area contributed by atoms with Gasteiger partial charge in [-0.05, 0) is 18.4 Å². The molecule has 3 aromatic rings. The first-order valence-corrected chi connectivity index (χ1v) is 11.0. The van der Waals surface area contributed by atoms with Crippen LogP contribution in [-0.4, -0.2) is 64.5 Å². The molecule has 2 aliphatic heterocycles. The number of nitriles is 1. The Kier molecular flexibility index (Phi) is 5.48. The van der Waals surface area contributed by atoms with Gasteiger partial charge in [-0.2, -0.15) is 20.3 Å². The normalized spacial score (nSPS) is 16.4. The SMILES string of the molecule is C=C/C(C#N)=C(\N=C)N1CCN(c2nc3c4c([nH]nc4n2)CCN3Cc2ccccc2)CC1. The Labute approximate surface area is 192 Å². The Morgan fingerprint density at radius 3 is 2.64 bits per heavy atom. The maximum atomic E-state index is 9.35. The summed E-state index contributed by atoms with van der Waals surface area (Å²) in [5.74, 6) is 2.18. The first kappa shape index (κ1) is 20.7. The van der Waals surface area contributed by atoms with Gasteiger partial charge in [-0.3, -0.25) is 5.10 Å². The van der Waals surface area contributed by atoms with Gasteiger partial charge in [-0.25, -0.2) is 4.99 Å². The predicted octanol–water partition coefficient (Wildman–Crippen LogP) is 2.66. The van der Waals surface area contributed by atoms with Crippen molar-refractivity contribution in [1.82, 2.24) is 25.1 Å². The minimum absolute atomic E-state index is 0.432. The summed E-state index contributed by atoms with van der Waals surface area (Å²) in [4.78, 5) is 20.4. The van der Waals surface area contributed by atoms with Crippen molar-refractivity contribution >= 4 is 29.5 Å². The van der Waals surface area contributed by atoms with E-state index in [1.165, 1.54) is 11.6 Å². The molecule has 1 saturated heterocycles. The van der Waals surface area contributed by atoms with Crippen LogP contribution in [0.3, 0.4) is 0 Å². The quantitative estimate of drug-likeness (QED) is 0.358. The summed E-state index contributed by atoms with van der Waals surface area (Å²) in [6.07, 6.45) is 2.42. The van der Waals surface area contributed by atoms with Gasteiger partial charge in [-0.15, -0.1) is 0 Å². The van der Waals surface area contributed by atoms with E-state index in [0.29, 0.717) is 49.2 Å². The Bertz CT molecular complexity index is 1260. The minimum atomic E-state index is 0.432. The predicted molar refractivity (Wildman–Crippen MR) is 129 cm³/mol. The van der Waals surface area contributed by atoms with Gasteiger partial charge in [0.15, 0.2) is 5.65 Å². The zero-order chi connectivity index (χ0) is 22.8. The van der Waals surface area contributed by atoms with Crippen molar-refractivity contribution in [2.45, 2.75) is 13.0 Å². The topological polar surface area (TPSA) is 100 Å². The highest BCUT2D eigenvalue weighted by atomic mass is 15.4. The van der Waals surface area contributed by atoms with Crippen LogP contribution in [0, 0.1) is 11.3 Å². The number of allylic oxidation sites excluding steroid dienone is 2. The van der Waals surface area contributed by atoms with Crippen LogP contribution in [0.1, 0.15) is 11.3 Å². The second kappa shape index (κ2) is 8.74. The fourth-order valence-electron chi connectivity index (χ4n) is 4.48. The largest absolute Gasteiger partial charge is 0.352 e. The molecule has 0 spiro atoms. The van der Waals surface area contributed by atoms with Crippen molar-refractivity contribution in [3.05, 3.63) is 65.6 Å². The van der Waals surface area contributed by atoms with Crippen LogP contribution in [0.25, 0.3) is 11.0 Å². The lowest BCUT2D eigenvalue weighted by atomic mass is 10.1. The molecule has 1 fully saturated rings. The van der Waals surface area contributed by atoms with E-state index in [-0.39, 0.29) is 0 Å². The maximum absolute atomic E-state index is 9.35. The van der Waals surface area contributed by atoms with Crippen molar-refractivity contribution in [2.24, 2.45) is 4.99 Å². The van der Waals surface area contributed by atoms with E-state index < -0.39 is 0 Å². The van der Waals surface area contributed by atoms with Crippen LogP contribution >= 0.6 is 0 Å². The van der Waals surface area contributed by atoms with Gasteiger partial charge >= 0.3 is 0 Å². The molecule has 0 bridgehead atoms. The summed E-state index contributed by atoms with van der Waals surface area (Å²) in [5.41, 5.74) is 3.48. The third kappa shape index (κ3) is 3.80. The zero-order valence-corrected chi connectivity index (χ0v) is 18.4. The van der Waals surface area contributed by atoms with Crippen LogP contribution in [0.4, 0.5) is 11.8 Å². The van der Waals surface area contributed by atoms with Gasteiger partial charge < -0.3 is 14.7 Å². The summed E-state index contributed by atoms with van der Waals surface area (Å²) < 4.78 is 0. The summed E-state index contributed by atoms with van der Waals surface area (Å²) >= 11 is 0. The number of nitrogens with zero attached hydrogens (tertiary/aromatic N) is 8. The van der Waals surface area contributed by atoms with Gasteiger partial charge in [-0.1, -0.05) is 36.9 Å². The fourth-order valence-corrected chi connectivity index (χ4v) is 4.48. The van der Waals surface area contributed by atoms with Crippen molar-refractivity contribution in [3.63, 3.8) is 0 Å². The molecule has 1 aromatic carbocycles. The number of aromatic amines is 1. The number of anilines is 2. The molecule has 1 N–H and O–H groups in total. The molecule has 0 atom stereocenters. The lowest BCUT2D eigenvalue weighted by Crippen LogP contribution is -2.46. The first-order chi connectivity index (χ1) is 16.2. The third-order valence-corrected chi connectivity index (χ3v) is 6.18. The molecular weight excluding hydrogens is 414 g/mol. The Morgan fingerprint density at radius 1 is 1.15 bits per heavy atom. The van der Waals surface area contributed by atoms with Crippen molar-refractivity contribution in [1.29, 1.82) is 5.26 Å². The van der Waals surface area contributed by atoms with E-state index in [4.69, 9.17) is 9.97 Å². The van der Waals surface area contributed by atoms with Crippen LogP contribution in [0.2, 0.25) is 0 Å². The minimum Gasteiger partial charge on any atom is -0.352 e. The molecular formula is C24H25N9. The molecule has 2 aromatic heterocycles. The average Bonchev–Trinajstić information content (AvgIpc) is 3.29. The molecule has 2 aliphatic rings. The molecule has 0 saturated carbocycles. The highest BCUT2D eigenvalue weighted by molar-refractivity contribution is 5.91. The second-order valence-electron chi connectivity index (χ2n) is 8.09. The highest BCUT2D eigenvalue weighted by Gasteiger charge is 2.28. The van der Waals surface area contributed by atoms with Crippen molar-refractivity contribution in [2.75, 3.05) is 42.5 Å². The standard InChI is InChI=1S/C24H25N9/c1-3-18(15-25)22(26-2)31-11-13-32(14-12-31)24-27-21-20-19(29-30-21)9-10-33(23(20)28-24)16-17-7-5-4-6-8-17/h3-8H,1-2,9-14,16H2,(H,27,28,29,30)/b22-18-. The van der Waals surface area contributed by atoms with Gasteiger partial charge in [0.1, 0.15) is 17.7 Å². The molecule has 5 rings (SSSR count). The molecule has 33 heavy (non-hydrogen) atoms.